The van der Waals surface area contributed by atoms with Crippen LogP contribution < -0.4 is 0 Å². The molecule has 1 heteroatoms. The summed E-state index contributed by atoms with van der Waals surface area (Å²) in [7, 11) is 2.30. The Morgan fingerprint density at radius 3 is 2.08 bits per heavy atom. The van der Waals surface area contributed by atoms with Gasteiger partial charge in [0.1, 0.15) is 0 Å². The maximum atomic E-state index is 2.60. The summed E-state index contributed by atoms with van der Waals surface area (Å²) in [6.07, 6.45) is 5.48. The molecule has 1 heterocycles. The van der Waals surface area contributed by atoms with Gasteiger partial charge in [0.25, 0.3) is 0 Å². The van der Waals surface area contributed by atoms with Crippen LogP contribution in [-0.4, -0.2) is 24.0 Å². The van der Waals surface area contributed by atoms with Crippen LogP contribution in [0.3, 0.4) is 0 Å². The number of likely N-dealkylation sites (tertiary alicyclic amines) is 1. The number of hydrogen-bond donors (Lipinski definition) is 0. The number of hydrogen-bond acceptors (Lipinski definition) is 1. The molecule has 0 saturated carbocycles. The van der Waals surface area contributed by atoms with Crippen LogP contribution in [0.25, 0.3) is 0 Å². The van der Waals surface area contributed by atoms with Gasteiger partial charge >= 0.3 is 0 Å². The molecule has 1 nitrogen and oxygen atoms in total. The summed E-state index contributed by atoms with van der Waals surface area (Å²) < 4.78 is 0. The van der Waals surface area contributed by atoms with Gasteiger partial charge in [-0.15, -0.1) is 0 Å². The first-order valence-electron chi connectivity index (χ1n) is 5.66. The summed E-state index contributed by atoms with van der Waals surface area (Å²) in [5.41, 5.74) is 0.488. The topological polar surface area (TPSA) is 3.24 Å². The van der Waals surface area contributed by atoms with Crippen LogP contribution in [0.1, 0.15) is 53.4 Å². The van der Waals surface area contributed by atoms with Crippen molar-refractivity contribution < 1.29 is 0 Å². The Morgan fingerprint density at radius 2 is 1.69 bits per heavy atom. The molecule has 1 fully saturated rings. The van der Waals surface area contributed by atoms with E-state index >= 15 is 0 Å². The maximum absolute atomic E-state index is 2.60. The van der Waals surface area contributed by atoms with Crippen molar-refractivity contribution in [3.05, 3.63) is 0 Å². The monoisotopic (exact) mass is 183 g/mol. The van der Waals surface area contributed by atoms with E-state index in [1.165, 1.54) is 25.7 Å². The fraction of sp³-hybridized carbons (Fsp3) is 1.00. The molecule has 1 aliphatic heterocycles. The van der Waals surface area contributed by atoms with E-state index in [-0.39, 0.29) is 0 Å². The van der Waals surface area contributed by atoms with Crippen LogP contribution >= 0.6 is 0 Å². The van der Waals surface area contributed by atoms with E-state index in [1.54, 1.807) is 0 Å². The minimum absolute atomic E-state index is 0.488. The molecule has 0 aromatic rings. The minimum Gasteiger partial charge on any atom is -0.300 e. The molecule has 2 unspecified atom stereocenters. The Kier molecular flexibility index (Phi) is 3.39. The Labute approximate surface area is 83.5 Å². The molecule has 0 aromatic carbocycles. The van der Waals surface area contributed by atoms with E-state index in [0.29, 0.717) is 5.41 Å². The lowest BCUT2D eigenvalue weighted by molar-refractivity contribution is 0.183. The quantitative estimate of drug-likeness (QED) is 0.635. The highest BCUT2D eigenvalue weighted by atomic mass is 15.2. The first-order chi connectivity index (χ1) is 5.94. The molecule has 0 spiro atoms. The number of rotatable bonds is 2. The average Bonchev–Trinajstić information content (AvgIpc) is 2.30. The first kappa shape index (κ1) is 11.0. The maximum Gasteiger partial charge on any atom is 0.0101 e. The number of nitrogens with zero attached hydrogens (tertiary/aromatic N) is 1. The van der Waals surface area contributed by atoms with E-state index in [0.717, 1.165) is 12.1 Å². The van der Waals surface area contributed by atoms with Gasteiger partial charge < -0.3 is 4.90 Å². The average molecular weight is 183 g/mol. The molecule has 0 aliphatic carbocycles. The summed E-state index contributed by atoms with van der Waals surface area (Å²) in [4.78, 5) is 2.60. The molecule has 1 saturated heterocycles. The lowest BCUT2D eigenvalue weighted by Gasteiger charge is -2.30. The molecule has 13 heavy (non-hydrogen) atoms. The van der Waals surface area contributed by atoms with Crippen LogP contribution in [0.5, 0.6) is 0 Å². The van der Waals surface area contributed by atoms with Crippen molar-refractivity contribution >= 4 is 0 Å². The highest BCUT2D eigenvalue weighted by Crippen LogP contribution is 2.32. The summed E-state index contributed by atoms with van der Waals surface area (Å²) in [5.74, 6) is 0. The molecule has 1 aliphatic rings. The van der Waals surface area contributed by atoms with Crippen LogP contribution in [-0.2, 0) is 0 Å². The van der Waals surface area contributed by atoms with Gasteiger partial charge in [0.2, 0.25) is 0 Å². The van der Waals surface area contributed by atoms with Crippen molar-refractivity contribution in [2.24, 2.45) is 5.41 Å². The molecule has 78 valence electrons. The zero-order chi connectivity index (χ0) is 10.1. The van der Waals surface area contributed by atoms with Crippen LogP contribution in [0.4, 0.5) is 0 Å². The van der Waals surface area contributed by atoms with Gasteiger partial charge in [-0.25, -0.2) is 0 Å². The van der Waals surface area contributed by atoms with Gasteiger partial charge in [-0.05, 0) is 38.1 Å². The first-order valence-corrected chi connectivity index (χ1v) is 5.66. The molecular formula is C12H25N. The second kappa shape index (κ2) is 4.00. The van der Waals surface area contributed by atoms with Crippen molar-refractivity contribution in [3.63, 3.8) is 0 Å². The van der Waals surface area contributed by atoms with Gasteiger partial charge in [-0.1, -0.05) is 27.7 Å². The van der Waals surface area contributed by atoms with E-state index in [1.807, 2.05) is 0 Å². The van der Waals surface area contributed by atoms with Crippen molar-refractivity contribution in [1.29, 1.82) is 0 Å². The molecule has 0 amide bonds. The second-order valence-corrected chi connectivity index (χ2v) is 5.72. The van der Waals surface area contributed by atoms with Crippen LogP contribution in [0, 0.1) is 5.41 Å². The molecular weight excluding hydrogens is 158 g/mol. The lowest BCUT2D eigenvalue weighted by Crippen LogP contribution is -2.34. The second-order valence-electron chi connectivity index (χ2n) is 5.72. The van der Waals surface area contributed by atoms with Crippen LogP contribution in [0.2, 0.25) is 0 Å². The third-order valence-electron chi connectivity index (χ3n) is 3.30. The van der Waals surface area contributed by atoms with Gasteiger partial charge in [-0.3, -0.25) is 0 Å². The van der Waals surface area contributed by atoms with Gasteiger partial charge in [0.15, 0.2) is 0 Å². The molecule has 0 N–H and O–H groups in total. The highest BCUT2D eigenvalue weighted by molar-refractivity contribution is 4.86. The molecule has 0 bridgehead atoms. The summed E-state index contributed by atoms with van der Waals surface area (Å²) >= 11 is 0. The van der Waals surface area contributed by atoms with Crippen molar-refractivity contribution in [2.45, 2.75) is 65.5 Å². The molecule has 2 atom stereocenters. The molecule has 1 rings (SSSR count). The van der Waals surface area contributed by atoms with Crippen LogP contribution in [0.15, 0.2) is 0 Å². The smallest absolute Gasteiger partial charge is 0.0101 e. The Bertz CT molecular complexity index is 157. The van der Waals surface area contributed by atoms with Gasteiger partial charge in [0, 0.05) is 12.1 Å². The van der Waals surface area contributed by atoms with E-state index in [2.05, 4.69) is 39.6 Å². The third kappa shape index (κ3) is 2.98. The Hall–Kier alpha value is -0.0400. The van der Waals surface area contributed by atoms with Crippen molar-refractivity contribution in [2.75, 3.05) is 7.05 Å². The predicted molar refractivity (Wildman–Crippen MR) is 58.9 cm³/mol. The third-order valence-corrected chi connectivity index (χ3v) is 3.30. The standard InChI is InChI=1S/C12H25N/c1-6-10-7-8-11(13(10)5)9-12(2,3)4/h10-11H,6-9H2,1-5H3. The minimum atomic E-state index is 0.488. The summed E-state index contributed by atoms with van der Waals surface area (Å²) in [6, 6.07) is 1.69. The van der Waals surface area contributed by atoms with Crippen molar-refractivity contribution in [3.8, 4) is 0 Å². The predicted octanol–water partition coefficient (Wildman–Crippen LogP) is 3.30. The van der Waals surface area contributed by atoms with Crippen molar-refractivity contribution in [1.82, 2.24) is 4.90 Å². The largest absolute Gasteiger partial charge is 0.300 e. The fourth-order valence-corrected chi connectivity index (χ4v) is 2.54. The lowest BCUT2D eigenvalue weighted by atomic mass is 9.87. The summed E-state index contributed by atoms with van der Waals surface area (Å²) in [6.45, 7) is 9.35. The van der Waals surface area contributed by atoms with E-state index in [4.69, 9.17) is 0 Å². The zero-order valence-electron chi connectivity index (χ0n) is 9.93. The van der Waals surface area contributed by atoms with Gasteiger partial charge in [-0.2, -0.15) is 0 Å². The molecule has 0 aromatic heterocycles. The highest BCUT2D eigenvalue weighted by Gasteiger charge is 2.31. The zero-order valence-corrected chi connectivity index (χ0v) is 9.93. The Balaban J connectivity index is 2.46. The molecule has 0 radical (unpaired) electrons. The van der Waals surface area contributed by atoms with E-state index in [9.17, 15) is 0 Å². The van der Waals surface area contributed by atoms with E-state index < -0.39 is 0 Å². The Morgan fingerprint density at radius 1 is 1.15 bits per heavy atom. The fourth-order valence-electron chi connectivity index (χ4n) is 2.54. The normalized spacial score (nSPS) is 31.2. The van der Waals surface area contributed by atoms with Gasteiger partial charge in [0.05, 0.1) is 0 Å². The summed E-state index contributed by atoms with van der Waals surface area (Å²) in [5, 5.41) is 0. The SMILES string of the molecule is CCC1CCC(CC(C)(C)C)N1C.